The predicted molar refractivity (Wildman–Crippen MR) is 153 cm³/mol. The predicted octanol–water partition coefficient (Wildman–Crippen LogP) is 7.78. The lowest BCUT2D eigenvalue weighted by atomic mass is 9.79. The number of hydrogen-bond acceptors (Lipinski definition) is 4. The van der Waals surface area contributed by atoms with E-state index in [1.54, 1.807) is 0 Å². The van der Waals surface area contributed by atoms with Crippen molar-refractivity contribution in [2.24, 2.45) is 0 Å². The first-order valence-electron chi connectivity index (χ1n) is 12.9. The van der Waals surface area contributed by atoms with Gasteiger partial charge in [-0.3, -0.25) is 0 Å². The molecule has 36 heavy (non-hydrogen) atoms. The second kappa shape index (κ2) is 9.48. The van der Waals surface area contributed by atoms with Crippen LogP contribution in [0.2, 0.25) is 0 Å². The molecular weight excluding hydrogens is 458 g/mol. The van der Waals surface area contributed by atoms with Crippen LogP contribution in [0.15, 0.2) is 66.7 Å². The molecule has 0 spiro atoms. The maximum absolute atomic E-state index is 10.4. The number of piperidine rings is 1. The highest BCUT2D eigenvalue weighted by molar-refractivity contribution is 7.18. The van der Waals surface area contributed by atoms with Gasteiger partial charge in [0, 0.05) is 48.2 Å². The summed E-state index contributed by atoms with van der Waals surface area (Å²) in [6, 6.07) is 27.1. The molecule has 0 atom stereocenters. The summed E-state index contributed by atoms with van der Waals surface area (Å²) >= 11 is 1.85. The number of fused-ring (bicyclic) bond motifs is 3. The van der Waals surface area contributed by atoms with Gasteiger partial charge in [0.15, 0.2) is 0 Å². The first-order valence-corrected chi connectivity index (χ1v) is 13.8. The van der Waals surface area contributed by atoms with Crippen LogP contribution in [0.5, 0.6) is 0 Å². The molecule has 2 heterocycles. The van der Waals surface area contributed by atoms with Crippen molar-refractivity contribution in [2.75, 3.05) is 37.0 Å². The average molecular weight is 490 g/mol. The summed E-state index contributed by atoms with van der Waals surface area (Å²) in [5, 5.41) is 10.4. The van der Waals surface area contributed by atoms with Gasteiger partial charge in [-0.05, 0) is 90.3 Å². The van der Waals surface area contributed by atoms with Crippen LogP contribution in [0.1, 0.15) is 36.0 Å². The van der Waals surface area contributed by atoms with Gasteiger partial charge in [-0.1, -0.05) is 36.4 Å². The second-order valence-electron chi connectivity index (χ2n) is 10.1. The van der Waals surface area contributed by atoms with E-state index in [1.165, 1.54) is 68.1 Å². The topological polar surface area (TPSA) is 30.3 Å². The Morgan fingerprint density at radius 1 is 0.833 bits per heavy atom. The molecule has 1 aliphatic carbocycles. The number of rotatable bonds is 4. The fourth-order valence-electron chi connectivity index (χ4n) is 5.79. The van der Waals surface area contributed by atoms with Gasteiger partial charge in [-0.2, -0.15) is 5.26 Å². The quantitative estimate of drug-likeness (QED) is 0.293. The highest BCUT2D eigenvalue weighted by Crippen LogP contribution is 2.48. The Balaban J connectivity index is 1.52. The van der Waals surface area contributed by atoms with Gasteiger partial charge >= 0.3 is 0 Å². The minimum absolute atomic E-state index is 0.890. The van der Waals surface area contributed by atoms with Crippen molar-refractivity contribution >= 4 is 22.7 Å². The Bertz CT molecular complexity index is 1450. The van der Waals surface area contributed by atoms with Crippen LogP contribution < -0.4 is 9.80 Å². The number of anilines is 2. The summed E-state index contributed by atoms with van der Waals surface area (Å²) in [5.41, 5.74) is 10.9. The summed E-state index contributed by atoms with van der Waals surface area (Å²) in [5.74, 6) is 0. The molecule has 0 bridgehead atoms. The van der Waals surface area contributed by atoms with Crippen molar-refractivity contribution < 1.29 is 0 Å². The Labute approximate surface area is 218 Å². The lowest BCUT2D eigenvalue weighted by Gasteiger charge is -2.33. The zero-order chi connectivity index (χ0) is 24.6. The van der Waals surface area contributed by atoms with Crippen molar-refractivity contribution in [2.45, 2.75) is 32.1 Å². The van der Waals surface area contributed by atoms with Crippen molar-refractivity contribution in [3.05, 3.63) is 83.4 Å². The molecule has 4 heteroatoms. The zero-order valence-corrected chi connectivity index (χ0v) is 21.9. The molecule has 3 nitrogen and oxygen atoms in total. The van der Waals surface area contributed by atoms with Crippen molar-refractivity contribution in [3.8, 4) is 38.1 Å². The van der Waals surface area contributed by atoms with E-state index in [1.807, 2.05) is 11.3 Å². The Kier molecular flexibility index (Phi) is 6.03. The average Bonchev–Trinajstić information content (AvgIpc) is 3.42. The minimum Gasteiger partial charge on any atom is -0.378 e. The normalized spacial score (nSPS) is 14.6. The van der Waals surface area contributed by atoms with Gasteiger partial charge < -0.3 is 9.80 Å². The fraction of sp³-hybridized carbons (Fsp3) is 0.281. The van der Waals surface area contributed by atoms with Gasteiger partial charge in [0.1, 0.15) is 6.07 Å². The molecule has 3 aromatic carbocycles. The highest BCUT2D eigenvalue weighted by Gasteiger charge is 2.28. The van der Waals surface area contributed by atoms with Gasteiger partial charge in [-0.15, -0.1) is 11.3 Å². The van der Waals surface area contributed by atoms with E-state index in [0.717, 1.165) is 37.2 Å². The maximum Gasteiger partial charge on any atom is 0.102 e. The van der Waals surface area contributed by atoms with Crippen LogP contribution in [0.25, 0.3) is 32.0 Å². The number of thiophene rings is 1. The van der Waals surface area contributed by atoms with E-state index >= 15 is 0 Å². The molecule has 1 aromatic heterocycles. The molecule has 2 aliphatic rings. The van der Waals surface area contributed by atoms with Crippen LogP contribution in [0.3, 0.4) is 0 Å². The lowest BCUT2D eigenvalue weighted by molar-refractivity contribution is 0.577. The molecule has 0 N–H and O–H groups in total. The summed E-state index contributed by atoms with van der Waals surface area (Å²) < 4.78 is 0. The molecule has 1 saturated heterocycles. The molecule has 0 saturated carbocycles. The van der Waals surface area contributed by atoms with E-state index in [0.29, 0.717) is 0 Å². The van der Waals surface area contributed by atoms with E-state index in [9.17, 15) is 5.26 Å². The number of nitrogens with zero attached hydrogens (tertiary/aromatic N) is 3. The van der Waals surface area contributed by atoms with E-state index in [-0.39, 0.29) is 0 Å². The molecule has 0 radical (unpaired) electrons. The van der Waals surface area contributed by atoms with Crippen molar-refractivity contribution in [1.29, 1.82) is 5.26 Å². The Morgan fingerprint density at radius 2 is 1.58 bits per heavy atom. The van der Waals surface area contributed by atoms with Crippen LogP contribution in [0.4, 0.5) is 11.4 Å². The number of hydrogen-bond donors (Lipinski definition) is 0. The molecule has 1 aliphatic heterocycles. The molecule has 180 valence electrons. The second-order valence-corrected chi connectivity index (χ2v) is 11.2. The van der Waals surface area contributed by atoms with Crippen LogP contribution in [-0.2, 0) is 12.8 Å². The molecule has 1 fully saturated rings. The monoisotopic (exact) mass is 489 g/mol. The van der Waals surface area contributed by atoms with Crippen molar-refractivity contribution in [1.82, 2.24) is 0 Å². The molecule has 0 unspecified atom stereocenters. The van der Waals surface area contributed by atoms with E-state index in [2.05, 4.69) is 96.7 Å². The van der Waals surface area contributed by atoms with Gasteiger partial charge in [-0.25, -0.2) is 0 Å². The van der Waals surface area contributed by atoms with Gasteiger partial charge in [0.05, 0.1) is 11.3 Å². The van der Waals surface area contributed by atoms with Crippen LogP contribution >= 0.6 is 11.3 Å². The smallest absolute Gasteiger partial charge is 0.102 e. The first kappa shape index (κ1) is 22.9. The highest BCUT2D eigenvalue weighted by atomic mass is 32.1. The number of nitriles is 1. The Hall–Kier alpha value is -3.55. The lowest BCUT2D eigenvalue weighted by Crippen LogP contribution is -2.30. The van der Waals surface area contributed by atoms with Gasteiger partial charge in [0.2, 0.25) is 0 Å². The van der Waals surface area contributed by atoms with Crippen molar-refractivity contribution in [3.63, 3.8) is 0 Å². The Morgan fingerprint density at radius 3 is 2.33 bits per heavy atom. The molecule has 4 aromatic rings. The summed E-state index contributed by atoms with van der Waals surface area (Å²) in [4.78, 5) is 7.14. The molecular formula is C32H31N3S. The number of benzene rings is 3. The molecule has 0 amide bonds. The largest absolute Gasteiger partial charge is 0.378 e. The first-order chi connectivity index (χ1) is 17.6. The summed E-state index contributed by atoms with van der Waals surface area (Å²) in [6.07, 6.45) is 5.60. The standard InChI is InChI=1S/C32H31N3S/c1-34(2)24-13-10-23(11-14-24)30-16-17-31(36-30)27-20-29(35-18-6-3-7-19-35)28(21-33)26-15-12-22-8-4-5-9-25(22)32(26)27/h4-5,8-11,13-14,16-17,20H,3,6-7,12,15,18-19H2,1-2H3. The fourth-order valence-corrected chi connectivity index (χ4v) is 6.82. The maximum atomic E-state index is 10.4. The third-order valence-electron chi connectivity index (χ3n) is 7.69. The SMILES string of the molecule is CN(C)c1ccc(-c2ccc(-c3cc(N4CCCCC4)c(C#N)c4c3-c3ccccc3CC4)s2)cc1. The van der Waals surface area contributed by atoms with Crippen LogP contribution in [-0.4, -0.2) is 27.2 Å². The zero-order valence-electron chi connectivity index (χ0n) is 21.1. The number of aryl methyl sites for hydroxylation is 1. The molecule has 6 rings (SSSR count). The van der Waals surface area contributed by atoms with E-state index in [4.69, 9.17) is 0 Å². The van der Waals surface area contributed by atoms with Gasteiger partial charge in [0.25, 0.3) is 0 Å². The summed E-state index contributed by atoms with van der Waals surface area (Å²) in [6.45, 7) is 2.08. The third-order valence-corrected chi connectivity index (χ3v) is 8.86. The van der Waals surface area contributed by atoms with Crippen LogP contribution in [0, 0.1) is 11.3 Å². The van der Waals surface area contributed by atoms with E-state index < -0.39 is 0 Å². The minimum atomic E-state index is 0.890. The third kappa shape index (κ3) is 3.98. The summed E-state index contributed by atoms with van der Waals surface area (Å²) in [7, 11) is 4.15.